The largest absolute Gasteiger partial charge is 0.465 e. The van der Waals surface area contributed by atoms with Gasteiger partial charge in [0.05, 0.1) is 12.7 Å². The summed E-state index contributed by atoms with van der Waals surface area (Å²) in [5.41, 5.74) is 3.88. The van der Waals surface area contributed by atoms with E-state index in [4.69, 9.17) is 4.74 Å². The molecular formula is C23H27NO3S. The highest BCUT2D eigenvalue weighted by Crippen LogP contribution is 2.38. The third kappa shape index (κ3) is 4.53. The molecule has 1 aromatic carbocycles. The van der Waals surface area contributed by atoms with Gasteiger partial charge in [0.15, 0.2) is 0 Å². The van der Waals surface area contributed by atoms with Crippen LogP contribution < -0.4 is 5.32 Å². The number of carbonyl (C=O) groups excluding carboxylic acids is 2. The molecule has 1 amide bonds. The number of hydrogen-bond acceptors (Lipinski definition) is 4. The van der Waals surface area contributed by atoms with E-state index in [9.17, 15) is 9.59 Å². The second kappa shape index (κ2) is 8.31. The fourth-order valence-electron chi connectivity index (χ4n) is 3.39. The van der Waals surface area contributed by atoms with Gasteiger partial charge in [0.2, 0.25) is 5.91 Å². The van der Waals surface area contributed by atoms with Gasteiger partial charge in [-0.05, 0) is 53.9 Å². The van der Waals surface area contributed by atoms with Gasteiger partial charge >= 0.3 is 5.97 Å². The summed E-state index contributed by atoms with van der Waals surface area (Å²) in [6, 6.07) is 8.18. The van der Waals surface area contributed by atoms with Crippen LogP contribution in [0.1, 0.15) is 65.5 Å². The van der Waals surface area contributed by atoms with Crippen molar-refractivity contribution >= 4 is 34.3 Å². The average molecular weight is 398 g/mol. The van der Waals surface area contributed by atoms with Crippen molar-refractivity contribution in [2.45, 2.75) is 51.9 Å². The number of ether oxygens (including phenoxy) is 1. The summed E-state index contributed by atoms with van der Waals surface area (Å²) in [5, 5.41) is 3.47. The van der Waals surface area contributed by atoms with E-state index in [2.05, 4.69) is 38.2 Å². The number of nitrogens with one attached hydrogen (secondary N) is 1. The molecule has 148 valence electrons. The second-order valence-corrected chi connectivity index (χ2v) is 9.21. The first-order valence-electron chi connectivity index (χ1n) is 9.62. The Morgan fingerprint density at radius 2 is 1.79 bits per heavy atom. The Bertz CT molecular complexity index is 901. The molecule has 5 heteroatoms. The van der Waals surface area contributed by atoms with Gasteiger partial charge in [-0.1, -0.05) is 45.0 Å². The van der Waals surface area contributed by atoms with Gasteiger partial charge in [-0.3, -0.25) is 4.79 Å². The van der Waals surface area contributed by atoms with Gasteiger partial charge in [-0.15, -0.1) is 11.3 Å². The monoisotopic (exact) mass is 397 g/mol. The number of fused-ring (bicyclic) bond motifs is 1. The molecule has 0 unspecified atom stereocenters. The molecule has 1 aromatic heterocycles. The molecular weight excluding hydrogens is 370 g/mol. The predicted molar refractivity (Wildman–Crippen MR) is 115 cm³/mol. The van der Waals surface area contributed by atoms with Crippen LogP contribution >= 0.6 is 11.3 Å². The van der Waals surface area contributed by atoms with Crippen LogP contribution in [0.4, 0.5) is 5.00 Å². The molecule has 1 heterocycles. The minimum atomic E-state index is -0.378. The van der Waals surface area contributed by atoms with Gasteiger partial charge < -0.3 is 10.1 Å². The zero-order valence-corrected chi connectivity index (χ0v) is 17.7. The molecule has 0 aliphatic heterocycles. The standard InChI is InChI=1S/C23H27NO3S/c1-23(2,3)16-12-9-15(10-13-16)11-14-19(25)24-21-20(22(26)27-4)17-7-5-6-8-18(17)28-21/h9-14H,5-8H2,1-4H3,(H,24,25)/b14-11+. The Morgan fingerprint density at radius 1 is 1.11 bits per heavy atom. The van der Waals surface area contributed by atoms with Gasteiger partial charge in [0.1, 0.15) is 5.00 Å². The third-order valence-corrected chi connectivity index (χ3v) is 6.21. The van der Waals surface area contributed by atoms with E-state index in [1.165, 1.54) is 35.0 Å². The fraction of sp³-hybridized carbons (Fsp3) is 0.391. The van der Waals surface area contributed by atoms with Crippen molar-refractivity contribution in [3.8, 4) is 0 Å². The summed E-state index contributed by atoms with van der Waals surface area (Å²) in [6.45, 7) is 6.51. The molecule has 3 rings (SSSR count). The molecule has 1 aliphatic carbocycles. The van der Waals surface area contributed by atoms with Crippen molar-refractivity contribution < 1.29 is 14.3 Å². The van der Waals surface area contributed by atoms with E-state index in [-0.39, 0.29) is 17.3 Å². The number of carbonyl (C=O) groups is 2. The van der Waals surface area contributed by atoms with Crippen LogP contribution in [0.3, 0.4) is 0 Å². The maximum Gasteiger partial charge on any atom is 0.341 e. The van der Waals surface area contributed by atoms with Crippen LogP contribution in [0.25, 0.3) is 6.08 Å². The minimum Gasteiger partial charge on any atom is -0.465 e. The molecule has 0 saturated heterocycles. The molecule has 4 nitrogen and oxygen atoms in total. The highest BCUT2D eigenvalue weighted by Gasteiger charge is 2.26. The molecule has 28 heavy (non-hydrogen) atoms. The van der Waals surface area contributed by atoms with Crippen LogP contribution in [0.5, 0.6) is 0 Å². The highest BCUT2D eigenvalue weighted by molar-refractivity contribution is 7.17. The summed E-state index contributed by atoms with van der Waals surface area (Å²) < 4.78 is 4.95. The molecule has 1 aliphatic rings. The summed E-state index contributed by atoms with van der Waals surface area (Å²) >= 11 is 1.49. The smallest absolute Gasteiger partial charge is 0.341 e. The van der Waals surface area contributed by atoms with Crippen LogP contribution in [0.2, 0.25) is 0 Å². The van der Waals surface area contributed by atoms with Crippen molar-refractivity contribution in [3.05, 3.63) is 57.5 Å². The maximum absolute atomic E-state index is 12.4. The number of rotatable bonds is 4. The minimum absolute atomic E-state index is 0.0994. The fourth-order valence-corrected chi connectivity index (χ4v) is 4.67. The van der Waals surface area contributed by atoms with E-state index in [1.807, 2.05) is 12.1 Å². The lowest BCUT2D eigenvalue weighted by molar-refractivity contribution is -0.111. The van der Waals surface area contributed by atoms with Crippen molar-refractivity contribution in [1.82, 2.24) is 0 Å². The zero-order chi connectivity index (χ0) is 20.3. The molecule has 0 radical (unpaired) electrons. The lowest BCUT2D eigenvalue weighted by Gasteiger charge is -2.18. The van der Waals surface area contributed by atoms with Crippen LogP contribution in [0, 0.1) is 0 Å². The Hall–Kier alpha value is -2.40. The summed E-state index contributed by atoms with van der Waals surface area (Å²) in [5.74, 6) is -0.625. The topological polar surface area (TPSA) is 55.4 Å². The quantitative estimate of drug-likeness (QED) is 0.558. The van der Waals surface area contributed by atoms with Crippen molar-refractivity contribution in [2.75, 3.05) is 12.4 Å². The van der Waals surface area contributed by atoms with Crippen LogP contribution in [-0.4, -0.2) is 19.0 Å². The molecule has 2 aromatic rings. The zero-order valence-electron chi connectivity index (χ0n) is 16.9. The molecule has 0 saturated carbocycles. The third-order valence-electron chi connectivity index (χ3n) is 5.00. The number of esters is 1. The first-order valence-corrected chi connectivity index (χ1v) is 10.4. The lowest BCUT2D eigenvalue weighted by Crippen LogP contribution is -2.13. The van der Waals surface area contributed by atoms with Gasteiger partial charge in [0, 0.05) is 11.0 Å². The van der Waals surface area contributed by atoms with Crippen LogP contribution in [0.15, 0.2) is 30.3 Å². The SMILES string of the molecule is COC(=O)c1c(NC(=O)/C=C/c2ccc(C(C)(C)C)cc2)sc2c1CCCC2. The Kier molecular flexibility index (Phi) is 6.04. The Morgan fingerprint density at radius 3 is 2.43 bits per heavy atom. The van der Waals surface area contributed by atoms with Crippen LogP contribution in [-0.2, 0) is 27.8 Å². The van der Waals surface area contributed by atoms with Crippen molar-refractivity contribution in [3.63, 3.8) is 0 Å². The normalized spacial score (nSPS) is 14.0. The van der Waals surface area contributed by atoms with E-state index in [1.54, 1.807) is 6.08 Å². The first-order chi connectivity index (χ1) is 13.3. The van der Waals surface area contributed by atoms with E-state index < -0.39 is 0 Å². The first kappa shape index (κ1) is 20.3. The number of benzene rings is 1. The van der Waals surface area contributed by atoms with Crippen molar-refractivity contribution in [2.24, 2.45) is 0 Å². The van der Waals surface area contributed by atoms with Crippen molar-refractivity contribution in [1.29, 1.82) is 0 Å². The summed E-state index contributed by atoms with van der Waals surface area (Å²) in [6.07, 6.45) is 7.29. The molecule has 0 spiro atoms. The second-order valence-electron chi connectivity index (χ2n) is 8.10. The number of amides is 1. The van der Waals surface area contributed by atoms with Gasteiger partial charge in [-0.25, -0.2) is 4.79 Å². The maximum atomic E-state index is 12.4. The number of thiophene rings is 1. The number of methoxy groups -OCH3 is 1. The van der Waals surface area contributed by atoms with E-state index in [0.29, 0.717) is 10.6 Å². The average Bonchev–Trinajstić information content (AvgIpc) is 3.03. The molecule has 0 fully saturated rings. The number of hydrogen-bond donors (Lipinski definition) is 1. The molecule has 0 bridgehead atoms. The lowest BCUT2D eigenvalue weighted by atomic mass is 9.87. The number of aryl methyl sites for hydroxylation is 1. The van der Waals surface area contributed by atoms with E-state index in [0.717, 1.165) is 36.8 Å². The predicted octanol–water partition coefficient (Wildman–Crippen LogP) is 5.36. The summed E-state index contributed by atoms with van der Waals surface area (Å²) in [4.78, 5) is 25.9. The van der Waals surface area contributed by atoms with Gasteiger partial charge in [0.25, 0.3) is 0 Å². The summed E-state index contributed by atoms with van der Waals surface area (Å²) in [7, 11) is 1.38. The van der Waals surface area contributed by atoms with E-state index >= 15 is 0 Å². The van der Waals surface area contributed by atoms with Gasteiger partial charge in [-0.2, -0.15) is 0 Å². The number of anilines is 1. The molecule has 1 N–H and O–H groups in total. The Labute approximate surface area is 170 Å². The highest BCUT2D eigenvalue weighted by atomic mass is 32.1. The molecule has 0 atom stereocenters. The Balaban J connectivity index is 1.75.